The third kappa shape index (κ3) is 4.67. The topological polar surface area (TPSA) is 93.7 Å². The molecule has 0 aliphatic carbocycles. The van der Waals surface area contributed by atoms with Crippen molar-refractivity contribution in [3.63, 3.8) is 0 Å². The summed E-state index contributed by atoms with van der Waals surface area (Å²) in [6.07, 6.45) is 0. The predicted molar refractivity (Wildman–Crippen MR) is 112 cm³/mol. The van der Waals surface area contributed by atoms with Gasteiger partial charge in [0.2, 0.25) is 16.8 Å². The van der Waals surface area contributed by atoms with Crippen LogP contribution in [0.4, 0.5) is 14.5 Å². The first-order valence-corrected chi connectivity index (χ1v) is 11.0. The lowest BCUT2D eigenvalue weighted by Gasteiger charge is -2.11. The Bertz CT molecular complexity index is 1320. The number of ether oxygens (including phenoxy) is 2. The maximum Gasteiger partial charge on any atom is 0.258 e. The molecule has 0 unspecified atom stereocenters. The van der Waals surface area contributed by atoms with Crippen molar-refractivity contribution < 1.29 is 31.5 Å². The highest BCUT2D eigenvalue weighted by atomic mass is 35.5. The predicted octanol–water partition coefficient (Wildman–Crippen LogP) is 4.08. The molecule has 3 aromatic rings. The van der Waals surface area contributed by atoms with Gasteiger partial charge in [-0.3, -0.25) is 4.79 Å². The second-order valence-electron chi connectivity index (χ2n) is 6.74. The van der Waals surface area contributed by atoms with Crippen molar-refractivity contribution in [2.24, 2.45) is 0 Å². The third-order valence-electron chi connectivity index (χ3n) is 4.57. The van der Waals surface area contributed by atoms with Gasteiger partial charge in [-0.05, 0) is 54.1 Å². The van der Waals surface area contributed by atoms with Crippen LogP contribution in [0.2, 0.25) is 5.02 Å². The van der Waals surface area contributed by atoms with Crippen LogP contribution in [0.3, 0.4) is 0 Å². The number of hydrogen-bond acceptors (Lipinski definition) is 5. The minimum Gasteiger partial charge on any atom is -0.454 e. The van der Waals surface area contributed by atoms with Gasteiger partial charge in [-0.2, -0.15) is 0 Å². The Morgan fingerprint density at radius 1 is 0.969 bits per heavy atom. The van der Waals surface area contributed by atoms with E-state index in [0.29, 0.717) is 17.1 Å². The molecule has 11 heteroatoms. The van der Waals surface area contributed by atoms with E-state index in [1.54, 1.807) is 18.2 Å². The van der Waals surface area contributed by atoms with Gasteiger partial charge < -0.3 is 14.8 Å². The molecular weight excluding hydrogens is 466 g/mol. The number of anilines is 1. The molecule has 0 fully saturated rings. The van der Waals surface area contributed by atoms with E-state index in [0.717, 1.165) is 30.3 Å². The van der Waals surface area contributed by atoms with E-state index >= 15 is 0 Å². The van der Waals surface area contributed by atoms with Crippen molar-refractivity contribution in [3.05, 3.63) is 82.4 Å². The number of nitrogens with one attached hydrogen (secondary N) is 2. The smallest absolute Gasteiger partial charge is 0.258 e. The molecule has 3 aromatic carbocycles. The number of carbonyl (C=O) groups excluding carboxylic acids is 1. The monoisotopic (exact) mass is 480 g/mol. The molecule has 166 valence electrons. The third-order valence-corrected chi connectivity index (χ3v) is 6.26. The maximum atomic E-state index is 14.2. The molecule has 1 aliphatic rings. The van der Waals surface area contributed by atoms with E-state index in [1.165, 1.54) is 6.07 Å². The Kier molecular flexibility index (Phi) is 6.00. The van der Waals surface area contributed by atoms with E-state index in [9.17, 15) is 22.0 Å². The van der Waals surface area contributed by atoms with E-state index in [4.69, 9.17) is 21.1 Å². The van der Waals surface area contributed by atoms with E-state index in [1.807, 2.05) is 0 Å². The fraction of sp³-hybridized carbons (Fsp3) is 0.0952. The molecule has 1 aliphatic heterocycles. The second kappa shape index (κ2) is 8.73. The van der Waals surface area contributed by atoms with Gasteiger partial charge in [-0.1, -0.05) is 17.7 Å². The Labute approximate surface area is 187 Å². The molecule has 0 saturated heterocycles. The lowest BCUT2D eigenvalue weighted by Crippen LogP contribution is -2.24. The minimum atomic E-state index is -4.07. The second-order valence-corrected chi connectivity index (χ2v) is 8.91. The fourth-order valence-corrected chi connectivity index (χ4v) is 4.15. The van der Waals surface area contributed by atoms with Crippen LogP contribution in [0.25, 0.3) is 0 Å². The first-order chi connectivity index (χ1) is 15.2. The number of hydrogen-bond donors (Lipinski definition) is 2. The summed E-state index contributed by atoms with van der Waals surface area (Å²) in [5, 5.41) is 2.13. The zero-order valence-electron chi connectivity index (χ0n) is 16.2. The average molecular weight is 481 g/mol. The molecule has 4 rings (SSSR count). The number of halogens is 3. The summed E-state index contributed by atoms with van der Waals surface area (Å²) >= 11 is 5.67. The quantitative estimate of drug-likeness (QED) is 0.554. The highest BCUT2D eigenvalue weighted by molar-refractivity contribution is 7.89. The number of sulfonamides is 1. The van der Waals surface area contributed by atoms with Crippen LogP contribution in [0.1, 0.15) is 15.9 Å². The van der Waals surface area contributed by atoms with Crippen LogP contribution in [0, 0.1) is 11.6 Å². The summed E-state index contributed by atoms with van der Waals surface area (Å²) in [6.45, 7) is 0.0288. The molecule has 0 spiro atoms. The van der Waals surface area contributed by atoms with Gasteiger partial charge in [0.15, 0.2) is 11.5 Å². The average Bonchev–Trinajstić information content (AvgIpc) is 3.23. The van der Waals surface area contributed by atoms with Crippen LogP contribution in [-0.2, 0) is 16.6 Å². The first-order valence-electron chi connectivity index (χ1n) is 9.17. The molecule has 7 nitrogen and oxygen atoms in total. The number of benzene rings is 3. The van der Waals surface area contributed by atoms with Crippen molar-refractivity contribution in [3.8, 4) is 11.5 Å². The normalized spacial score (nSPS) is 12.6. The maximum absolute atomic E-state index is 14.2. The summed E-state index contributed by atoms with van der Waals surface area (Å²) < 4.78 is 65.8. The van der Waals surface area contributed by atoms with E-state index in [2.05, 4.69) is 10.0 Å². The molecule has 0 aromatic heterocycles. The molecule has 0 saturated carbocycles. The summed E-state index contributed by atoms with van der Waals surface area (Å²) in [4.78, 5) is 12.2. The van der Waals surface area contributed by atoms with Crippen molar-refractivity contribution >= 4 is 33.2 Å². The fourth-order valence-electron chi connectivity index (χ4n) is 2.93. The van der Waals surface area contributed by atoms with Crippen LogP contribution in [-0.4, -0.2) is 21.1 Å². The van der Waals surface area contributed by atoms with Crippen molar-refractivity contribution in [2.75, 3.05) is 12.1 Å². The first kappa shape index (κ1) is 22.0. The van der Waals surface area contributed by atoms with Crippen LogP contribution in [0.5, 0.6) is 11.5 Å². The number of carbonyl (C=O) groups is 1. The summed E-state index contributed by atoms with van der Waals surface area (Å²) in [5.41, 5.74) is 0.234. The highest BCUT2D eigenvalue weighted by Gasteiger charge is 2.21. The zero-order valence-corrected chi connectivity index (χ0v) is 17.8. The SMILES string of the molecule is O=C(Nc1ccc(F)c(Cl)c1)c1cc(S(=O)(=O)NCc2ccc3c(c2)OCO3)ccc1F. The van der Waals surface area contributed by atoms with Crippen LogP contribution < -0.4 is 19.5 Å². The Balaban J connectivity index is 1.51. The largest absolute Gasteiger partial charge is 0.454 e. The summed E-state index contributed by atoms with van der Waals surface area (Å²) in [6, 6.07) is 11.2. The lowest BCUT2D eigenvalue weighted by molar-refractivity contribution is 0.102. The van der Waals surface area contributed by atoms with Gasteiger partial charge in [-0.15, -0.1) is 0 Å². The Hall–Kier alpha value is -3.21. The summed E-state index contributed by atoms with van der Waals surface area (Å²) in [5.74, 6) is -1.46. The Morgan fingerprint density at radius 3 is 2.50 bits per heavy atom. The molecule has 0 bridgehead atoms. The van der Waals surface area contributed by atoms with Crippen LogP contribution in [0.15, 0.2) is 59.5 Å². The van der Waals surface area contributed by atoms with Gasteiger partial charge in [0, 0.05) is 12.2 Å². The molecular formula is C21H15ClF2N2O5S. The minimum absolute atomic E-state index is 0.0635. The van der Waals surface area contributed by atoms with Crippen molar-refractivity contribution in [1.29, 1.82) is 0 Å². The highest BCUT2D eigenvalue weighted by Crippen LogP contribution is 2.32. The number of rotatable bonds is 6. The number of fused-ring (bicyclic) bond motifs is 1. The van der Waals surface area contributed by atoms with E-state index < -0.39 is 33.1 Å². The number of amides is 1. The lowest BCUT2D eigenvalue weighted by atomic mass is 10.2. The molecule has 0 radical (unpaired) electrons. The zero-order chi connectivity index (χ0) is 22.9. The molecule has 2 N–H and O–H groups in total. The van der Waals surface area contributed by atoms with Crippen molar-refractivity contribution in [2.45, 2.75) is 11.4 Å². The van der Waals surface area contributed by atoms with Crippen LogP contribution >= 0.6 is 11.6 Å². The molecule has 0 atom stereocenters. The Morgan fingerprint density at radius 2 is 1.72 bits per heavy atom. The van der Waals surface area contributed by atoms with Gasteiger partial charge in [0.1, 0.15) is 11.6 Å². The van der Waals surface area contributed by atoms with Gasteiger partial charge in [-0.25, -0.2) is 21.9 Å². The van der Waals surface area contributed by atoms with Crippen molar-refractivity contribution in [1.82, 2.24) is 4.72 Å². The van der Waals surface area contributed by atoms with Gasteiger partial charge in [0.05, 0.1) is 15.5 Å². The molecule has 1 heterocycles. The molecule has 32 heavy (non-hydrogen) atoms. The molecule has 1 amide bonds. The summed E-state index contributed by atoms with van der Waals surface area (Å²) in [7, 11) is -4.07. The van der Waals surface area contributed by atoms with Gasteiger partial charge in [0.25, 0.3) is 5.91 Å². The van der Waals surface area contributed by atoms with E-state index in [-0.39, 0.29) is 28.9 Å². The van der Waals surface area contributed by atoms with Gasteiger partial charge >= 0.3 is 0 Å². The standard InChI is InChI=1S/C21H15ClF2N2O5S/c22-16-8-13(2-4-18(16)24)26-21(27)15-9-14(3-5-17(15)23)32(28,29)25-10-12-1-6-19-20(7-12)31-11-30-19/h1-9,25H,10-11H2,(H,26,27).